The van der Waals surface area contributed by atoms with Gasteiger partial charge in [0, 0.05) is 5.56 Å². The van der Waals surface area contributed by atoms with Crippen LogP contribution < -0.4 is 0 Å². The molecule has 2 aromatic rings. The van der Waals surface area contributed by atoms with Crippen LogP contribution in [0.5, 0.6) is 5.75 Å². The number of carbonyl (C=O) groups is 1. The summed E-state index contributed by atoms with van der Waals surface area (Å²) >= 11 is 0. The average molecular weight is 266 g/mol. The van der Waals surface area contributed by atoms with Crippen molar-refractivity contribution in [2.45, 2.75) is 6.18 Å². The molecule has 2 aromatic carbocycles. The van der Waals surface area contributed by atoms with Gasteiger partial charge in [-0.3, -0.25) is 4.79 Å². The molecule has 0 saturated heterocycles. The third-order valence-electron chi connectivity index (χ3n) is 2.69. The third-order valence-corrected chi connectivity index (χ3v) is 2.69. The summed E-state index contributed by atoms with van der Waals surface area (Å²) in [5.74, 6) is 0.00313. The molecule has 0 saturated carbocycles. The second-order valence-electron chi connectivity index (χ2n) is 3.96. The van der Waals surface area contributed by atoms with Gasteiger partial charge in [-0.2, -0.15) is 13.2 Å². The van der Waals surface area contributed by atoms with Crippen LogP contribution in [0.15, 0.2) is 42.5 Å². The maximum Gasteiger partial charge on any atom is 0.416 e. The van der Waals surface area contributed by atoms with Crippen LogP contribution in [-0.4, -0.2) is 11.4 Å². The molecule has 0 unspecified atom stereocenters. The second-order valence-corrected chi connectivity index (χ2v) is 3.96. The van der Waals surface area contributed by atoms with Crippen molar-refractivity contribution in [1.29, 1.82) is 0 Å². The van der Waals surface area contributed by atoms with E-state index in [0.717, 1.165) is 18.2 Å². The van der Waals surface area contributed by atoms with Crippen LogP contribution in [0.1, 0.15) is 15.9 Å². The van der Waals surface area contributed by atoms with Crippen LogP contribution >= 0.6 is 0 Å². The summed E-state index contributed by atoms with van der Waals surface area (Å²) in [6, 6.07) is 8.55. The Morgan fingerprint density at radius 3 is 2.16 bits per heavy atom. The van der Waals surface area contributed by atoms with E-state index in [2.05, 4.69) is 0 Å². The fourth-order valence-corrected chi connectivity index (χ4v) is 1.73. The van der Waals surface area contributed by atoms with Gasteiger partial charge in [0.2, 0.25) is 0 Å². The Morgan fingerprint density at radius 2 is 1.63 bits per heavy atom. The first-order valence-electron chi connectivity index (χ1n) is 5.37. The zero-order valence-electron chi connectivity index (χ0n) is 9.61. The highest BCUT2D eigenvalue weighted by Crippen LogP contribution is 2.34. The lowest BCUT2D eigenvalue weighted by Gasteiger charge is -2.11. The van der Waals surface area contributed by atoms with E-state index in [-0.39, 0.29) is 16.9 Å². The van der Waals surface area contributed by atoms with E-state index in [0.29, 0.717) is 11.8 Å². The number of rotatable bonds is 2. The minimum absolute atomic E-state index is 0.00313. The summed E-state index contributed by atoms with van der Waals surface area (Å²) in [6.45, 7) is 0. The minimum Gasteiger partial charge on any atom is -0.508 e. The van der Waals surface area contributed by atoms with Gasteiger partial charge in [0.05, 0.1) is 5.56 Å². The van der Waals surface area contributed by atoms with Gasteiger partial charge in [-0.05, 0) is 35.4 Å². The zero-order chi connectivity index (χ0) is 14.0. The van der Waals surface area contributed by atoms with Crippen LogP contribution in [0.25, 0.3) is 11.1 Å². The molecule has 0 fully saturated rings. The lowest BCUT2D eigenvalue weighted by atomic mass is 9.97. The Bertz CT molecular complexity index is 601. The molecule has 0 heterocycles. The number of aldehydes is 1. The Balaban J connectivity index is 2.59. The number of carbonyl (C=O) groups excluding carboxylic acids is 1. The number of hydrogen-bond acceptors (Lipinski definition) is 2. The van der Waals surface area contributed by atoms with Crippen molar-refractivity contribution in [3.05, 3.63) is 53.6 Å². The molecule has 0 amide bonds. The summed E-state index contributed by atoms with van der Waals surface area (Å²) in [6.07, 6.45) is -3.96. The summed E-state index contributed by atoms with van der Waals surface area (Å²) in [7, 11) is 0. The van der Waals surface area contributed by atoms with Gasteiger partial charge in [0.15, 0.2) is 6.29 Å². The Hall–Kier alpha value is -2.30. The number of phenolic OH excluding ortho intramolecular Hbond substituents is 1. The van der Waals surface area contributed by atoms with Crippen LogP contribution in [0.3, 0.4) is 0 Å². The second kappa shape index (κ2) is 4.76. The fraction of sp³-hybridized carbons (Fsp3) is 0.0714. The monoisotopic (exact) mass is 266 g/mol. The lowest BCUT2D eigenvalue weighted by molar-refractivity contribution is -0.137. The molecular weight excluding hydrogens is 257 g/mol. The first-order valence-corrected chi connectivity index (χ1v) is 5.37. The van der Waals surface area contributed by atoms with Crippen molar-refractivity contribution in [1.82, 2.24) is 0 Å². The quantitative estimate of drug-likeness (QED) is 0.837. The lowest BCUT2D eigenvalue weighted by Crippen LogP contribution is -2.05. The molecule has 5 heteroatoms. The topological polar surface area (TPSA) is 37.3 Å². The third kappa shape index (κ3) is 2.76. The first-order chi connectivity index (χ1) is 8.91. The number of benzene rings is 2. The minimum atomic E-state index is -4.47. The molecular formula is C14H9F3O2. The first kappa shape index (κ1) is 13.1. The average Bonchev–Trinajstić information content (AvgIpc) is 2.38. The van der Waals surface area contributed by atoms with E-state index < -0.39 is 11.7 Å². The van der Waals surface area contributed by atoms with Crippen molar-refractivity contribution in [2.75, 3.05) is 0 Å². The maximum absolute atomic E-state index is 12.7. The highest BCUT2D eigenvalue weighted by Gasteiger charge is 2.31. The van der Waals surface area contributed by atoms with Gasteiger partial charge in [0.25, 0.3) is 0 Å². The Kier molecular flexibility index (Phi) is 3.29. The van der Waals surface area contributed by atoms with Crippen molar-refractivity contribution in [2.24, 2.45) is 0 Å². The van der Waals surface area contributed by atoms with Gasteiger partial charge < -0.3 is 5.11 Å². The van der Waals surface area contributed by atoms with Gasteiger partial charge in [-0.25, -0.2) is 0 Å². The predicted octanol–water partition coefficient (Wildman–Crippen LogP) is 3.89. The molecule has 2 nitrogen and oxygen atoms in total. The molecule has 0 spiro atoms. The van der Waals surface area contributed by atoms with E-state index >= 15 is 0 Å². The smallest absolute Gasteiger partial charge is 0.416 e. The van der Waals surface area contributed by atoms with E-state index in [9.17, 15) is 18.0 Å². The van der Waals surface area contributed by atoms with E-state index in [4.69, 9.17) is 5.11 Å². The van der Waals surface area contributed by atoms with Crippen molar-refractivity contribution in [3.8, 4) is 16.9 Å². The summed E-state index contributed by atoms with van der Waals surface area (Å²) in [5, 5.41) is 9.16. The number of phenols is 1. The zero-order valence-corrected chi connectivity index (χ0v) is 9.61. The molecule has 0 aromatic heterocycles. The molecule has 0 radical (unpaired) electrons. The van der Waals surface area contributed by atoms with Crippen molar-refractivity contribution < 1.29 is 23.1 Å². The molecule has 0 bridgehead atoms. The van der Waals surface area contributed by atoms with Gasteiger partial charge in [0.1, 0.15) is 5.75 Å². The SMILES string of the molecule is O=Cc1ccc(C(F)(F)F)cc1-c1ccc(O)cc1. The van der Waals surface area contributed by atoms with Crippen LogP contribution in [0.4, 0.5) is 13.2 Å². The van der Waals surface area contributed by atoms with Gasteiger partial charge in [-0.15, -0.1) is 0 Å². The van der Waals surface area contributed by atoms with E-state index in [1.165, 1.54) is 24.3 Å². The Labute approximate surface area is 107 Å². The standard InChI is InChI=1S/C14H9F3O2/c15-14(16,17)11-4-1-10(8-18)13(7-11)9-2-5-12(19)6-3-9/h1-8,19H. The van der Waals surface area contributed by atoms with Crippen molar-refractivity contribution in [3.63, 3.8) is 0 Å². The number of aromatic hydroxyl groups is 1. The molecule has 0 aliphatic carbocycles. The summed E-state index contributed by atoms with van der Waals surface area (Å²) < 4.78 is 38.0. The largest absolute Gasteiger partial charge is 0.508 e. The summed E-state index contributed by atoms with van der Waals surface area (Å²) in [4.78, 5) is 10.9. The number of hydrogen-bond donors (Lipinski definition) is 1. The fourth-order valence-electron chi connectivity index (χ4n) is 1.73. The predicted molar refractivity (Wildman–Crippen MR) is 63.9 cm³/mol. The van der Waals surface area contributed by atoms with Gasteiger partial charge in [-0.1, -0.05) is 18.2 Å². The highest BCUT2D eigenvalue weighted by molar-refractivity contribution is 5.88. The van der Waals surface area contributed by atoms with E-state index in [1.54, 1.807) is 0 Å². The molecule has 98 valence electrons. The molecule has 0 aliphatic heterocycles. The molecule has 0 aliphatic rings. The molecule has 1 N–H and O–H groups in total. The molecule has 19 heavy (non-hydrogen) atoms. The van der Waals surface area contributed by atoms with Gasteiger partial charge >= 0.3 is 6.18 Å². The summed E-state index contributed by atoms with van der Waals surface area (Å²) in [5.41, 5.74) is -0.0318. The van der Waals surface area contributed by atoms with Crippen molar-refractivity contribution >= 4 is 6.29 Å². The van der Waals surface area contributed by atoms with Crippen LogP contribution in [0, 0.1) is 0 Å². The normalized spacial score (nSPS) is 11.3. The highest BCUT2D eigenvalue weighted by atomic mass is 19.4. The van der Waals surface area contributed by atoms with Crippen LogP contribution in [0.2, 0.25) is 0 Å². The van der Waals surface area contributed by atoms with E-state index in [1.807, 2.05) is 0 Å². The molecule has 0 atom stereocenters. The number of halogens is 3. The van der Waals surface area contributed by atoms with Crippen LogP contribution in [-0.2, 0) is 6.18 Å². The molecule has 2 rings (SSSR count). The Morgan fingerprint density at radius 1 is 1.00 bits per heavy atom. The maximum atomic E-state index is 12.7. The number of alkyl halides is 3.